The molecule has 0 fully saturated rings. The van der Waals surface area contributed by atoms with E-state index in [4.69, 9.17) is 5.73 Å². The highest BCUT2D eigenvalue weighted by Crippen LogP contribution is 2.17. The highest BCUT2D eigenvalue weighted by molar-refractivity contribution is 5.05. The maximum absolute atomic E-state index is 12.0. The topological polar surface area (TPSA) is 29.3 Å². The van der Waals surface area contributed by atoms with Gasteiger partial charge < -0.3 is 10.6 Å². The molecule has 4 heteroatoms. The van der Waals surface area contributed by atoms with E-state index in [1.807, 2.05) is 12.2 Å². The normalized spacial score (nSPS) is 27.8. The predicted octanol–water partition coefficient (Wildman–Crippen LogP) is 1.09. The third kappa shape index (κ3) is 3.83. The fourth-order valence-electron chi connectivity index (χ4n) is 1.65. The molecule has 0 aromatic carbocycles. The van der Waals surface area contributed by atoms with Crippen LogP contribution in [0, 0.1) is 5.92 Å². The molecular formula is C9H16F2N2. The first-order chi connectivity index (χ1) is 6.08. The van der Waals surface area contributed by atoms with Crippen LogP contribution >= 0.6 is 0 Å². The van der Waals surface area contributed by atoms with Gasteiger partial charge in [0.25, 0.3) is 6.43 Å². The summed E-state index contributed by atoms with van der Waals surface area (Å²) >= 11 is 0. The van der Waals surface area contributed by atoms with Crippen molar-refractivity contribution in [2.45, 2.75) is 18.9 Å². The molecule has 2 N–H and O–H groups in total. The molecular weight excluding hydrogens is 174 g/mol. The maximum Gasteiger partial charge on any atom is 0.251 e. The van der Waals surface area contributed by atoms with E-state index in [1.165, 1.54) is 0 Å². The summed E-state index contributed by atoms with van der Waals surface area (Å²) < 4.78 is 23.9. The smallest absolute Gasteiger partial charge is 0.251 e. The second kappa shape index (κ2) is 4.67. The molecule has 13 heavy (non-hydrogen) atoms. The Hall–Kier alpha value is -0.480. The Morgan fingerprint density at radius 1 is 1.54 bits per heavy atom. The average Bonchev–Trinajstić information content (AvgIpc) is 2.33. The molecule has 2 unspecified atom stereocenters. The minimum atomic E-state index is -2.25. The van der Waals surface area contributed by atoms with Crippen molar-refractivity contribution in [3.05, 3.63) is 12.2 Å². The molecule has 1 rings (SSSR count). The molecule has 0 aromatic rings. The molecule has 0 saturated carbocycles. The Kier molecular flexibility index (Phi) is 3.81. The molecule has 0 heterocycles. The molecule has 0 aliphatic heterocycles. The summed E-state index contributed by atoms with van der Waals surface area (Å²) in [6, 6.07) is 0.116. The van der Waals surface area contributed by atoms with Crippen molar-refractivity contribution in [2.75, 3.05) is 20.1 Å². The van der Waals surface area contributed by atoms with E-state index >= 15 is 0 Å². The molecule has 1 aliphatic carbocycles. The van der Waals surface area contributed by atoms with Crippen LogP contribution < -0.4 is 5.73 Å². The van der Waals surface area contributed by atoms with Gasteiger partial charge in [0.15, 0.2) is 0 Å². The van der Waals surface area contributed by atoms with Crippen LogP contribution in [-0.2, 0) is 0 Å². The Morgan fingerprint density at radius 2 is 2.23 bits per heavy atom. The van der Waals surface area contributed by atoms with E-state index in [2.05, 4.69) is 0 Å². The van der Waals surface area contributed by atoms with Crippen LogP contribution in [0.5, 0.6) is 0 Å². The summed E-state index contributed by atoms with van der Waals surface area (Å²) in [5.74, 6) is 0.346. The Bertz CT molecular complexity index is 182. The number of halogens is 2. The van der Waals surface area contributed by atoms with Gasteiger partial charge in [0, 0.05) is 12.6 Å². The van der Waals surface area contributed by atoms with Crippen molar-refractivity contribution in [3.8, 4) is 0 Å². The first-order valence-corrected chi connectivity index (χ1v) is 4.48. The first kappa shape index (κ1) is 10.6. The zero-order chi connectivity index (χ0) is 9.84. The van der Waals surface area contributed by atoms with E-state index in [1.54, 1.807) is 11.9 Å². The lowest BCUT2D eigenvalue weighted by molar-refractivity contribution is 0.0959. The quantitative estimate of drug-likeness (QED) is 0.672. The highest BCUT2D eigenvalue weighted by atomic mass is 19.3. The zero-order valence-corrected chi connectivity index (χ0v) is 7.79. The van der Waals surface area contributed by atoms with Gasteiger partial charge in [0.1, 0.15) is 0 Å². The Morgan fingerprint density at radius 3 is 2.69 bits per heavy atom. The molecule has 0 bridgehead atoms. The number of alkyl halides is 2. The fraction of sp³-hybridized carbons (Fsp3) is 0.778. The minimum absolute atomic E-state index is 0.116. The van der Waals surface area contributed by atoms with Gasteiger partial charge in [-0.1, -0.05) is 12.2 Å². The molecule has 0 aromatic heterocycles. The van der Waals surface area contributed by atoms with E-state index in [9.17, 15) is 8.78 Å². The highest BCUT2D eigenvalue weighted by Gasteiger charge is 2.18. The second-order valence-electron chi connectivity index (χ2n) is 3.66. The summed E-state index contributed by atoms with van der Waals surface area (Å²) in [6.07, 6.45) is 2.60. The number of hydrogen-bond donors (Lipinski definition) is 1. The van der Waals surface area contributed by atoms with Gasteiger partial charge >= 0.3 is 0 Å². The van der Waals surface area contributed by atoms with E-state index in [0.29, 0.717) is 12.5 Å². The SMILES string of the molecule is CN(CC(F)F)CC1C=CC(N)C1. The van der Waals surface area contributed by atoms with Crippen LogP contribution in [-0.4, -0.2) is 37.5 Å². The van der Waals surface area contributed by atoms with Crippen molar-refractivity contribution in [1.29, 1.82) is 0 Å². The van der Waals surface area contributed by atoms with Crippen molar-refractivity contribution in [1.82, 2.24) is 4.90 Å². The predicted molar refractivity (Wildman–Crippen MR) is 48.7 cm³/mol. The van der Waals surface area contributed by atoms with Gasteiger partial charge in [0.05, 0.1) is 6.54 Å². The zero-order valence-electron chi connectivity index (χ0n) is 7.79. The molecule has 0 spiro atoms. The number of nitrogens with zero attached hydrogens (tertiary/aromatic N) is 1. The summed E-state index contributed by atoms with van der Waals surface area (Å²) in [7, 11) is 1.71. The lowest BCUT2D eigenvalue weighted by atomic mass is 10.1. The number of hydrogen-bond acceptors (Lipinski definition) is 2. The van der Waals surface area contributed by atoms with Crippen LogP contribution in [0.1, 0.15) is 6.42 Å². The average molecular weight is 190 g/mol. The summed E-state index contributed by atoms with van der Waals surface area (Å²) in [5.41, 5.74) is 5.65. The largest absolute Gasteiger partial charge is 0.324 e. The number of nitrogens with two attached hydrogens (primary N) is 1. The van der Waals surface area contributed by atoms with Crippen LogP contribution in [0.15, 0.2) is 12.2 Å². The fourth-order valence-corrected chi connectivity index (χ4v) is 1.65. The molecule has 0 radical (unpaired) electrons. The molecule has 0 saturated heterocycles. The van der Waals surface area contributed by atoms with Crippen molar-refractivity contribution in [3.63, 3.8) is 0 Å². The van der Waals surface area contributed by atoms with E-state index < -0.39 is 6.43 Å². The third-order valence-corrected chi connectivity index (χ3v) is 2.20. The number of rotatable bonds is 4. The second-order valence-corrected chi connectivity index (χ2v) is 3.66. The summed E-state index contributed by atoms with van der Waals surface area (Å²) in [4.78, 5) is 1.65. The summed E-state index contributed by atoms with van der Waals surface area (Å²) in [6.45, 7) is 0.522. The lowest BCUT2D eigenvalue weighted by Crippen LogP contribution is -2.30. The van der Waals surface area contributed by atoms with Crippen molar-refractivity contribution < 1.29 is 8.78 Å². The Labute approximate surface area is 77.4 Å². The van der Waals surface area contributed by atoms with Gasteiger partial charge in [-0.3, -0.25) is 0 Å². The molecule has 1 aliphatic rings. The molecule has 2 nitrogen and oxygen atoms in total. The summed E-state index contributed by atoms with van der Waals surface area (Å²) in [5, 5.41) is 0. The van der Waals surface area contributed by atoms with Crippen LogP contribution in [0.3, 0.4) is 0 Å². The lowest BCUT2D eigenvalue weighted by Gasteiger charge is -2.19. The van der Waals surface area contributed by atoms with Gasteiger partial charge in [0.2, 0.25) is 0 Å². The van der Waals surface area contributed by atoms with Crippen molar-refractivity contribution >= 4 is 0 Å². The monoisotopic (exact) mass is 190 g/mol. The van der Waals surface area contributed by atoms with E-state index in [-0.39, 0.29) is 12.6 Å². The van der Waals surface area contributed by atoms with Crippen LogP contribution in [0.2, 0.25) is 0 Å². The first-order valence-electron chi connectivity index (χ1n) is 4.48. The van der Waals surface area contributed by atoms with Crippen LogP contribution in [0.25, 0.3) is 0 Å². The van der Waals surface area contributed by atoms with Crippen molar-refractivity contribution in [2.24, 2.45) is 11.7 Å². The van der Waals surface area contributed by atoms with Gasteiger partial charge in [-0.05, 0) is 19.4 Å². The van der Waals surface area contributed by atoms with Crippen LogP contribution in [0.4, 0.5) is 8.78 Å². The maximum atomic E-state index is 12.0. The third-order valence-electron chi connectivity index (χ3n) is 2.20. The van der Waals surface area contributed by atoms with Gasteiger partial charge in [-0.25, -0.2) is 8.78 Å². The molecule has 0 amide bonds. The molecule has 76 valence electrons. The standard InChI is InChI=1S/C9H16F2N2/c1-13(6-9(10)11)5-7-2-3-8(12)4-7/h2-3,7-9H,4-6,12H2,1H3. The Balaban J connectivity index is 2.21. The van der Waals surface area contributed by atoms with Gasteiger partial charge in [-0.15, -0.1) is 0 Å². The minimum Gasteiger partial charge on any atom is -0.324 e. The van der Waals surface area contributed by atoms with Gasteiger partial charge in [-0.2, -0.15) is 0 Å². The molecule has 2 atom stereocenters. The van der Waals surface area contributed by atoms with E-state index in [0.717, 1.165) is 6.42 Å².